The van der Waals surface area contributed by atoms with E-state index in [1.807, 2.05) is 37.4 Å². The molecule has 0 bridgehead atoms. The quantitative estimate of drug-likeness (QED) is 0.602. The Labute approximate surface area is 135 Å². The number of nitrogen functional groups attached to an aromatic ring is 1. The molecule has 0 radical (unpaired) electrons. The number of rotatable bonds is 4. The van der Waals surface area contributed by atoms with E-state index in [2.05, 4.69) is 48.9 Å². The smallest absolute Gasteiger partial charge is 0.123 e. The Morgan fingerprint density at radius 1 is 1.15 bits per heavy atom. The summed E-state index contributed by atoms with van der Waals surface area (Å²) in [6.07, 6.45) is 0. The fourth-order valence-corrected chi connectivity index (χ4v) is 2.76. The van der Waals surface area contributed by atoms with Crippen molar-refractivity contribution < 1.29 is 0 Å². The van der Waals surface area contributed by atoms with Gasteiger partial charge in [-0.1, -0.05) is 28.1 Å². The third-order valence-corrected chi connectivity index (χ3v) is 4.20. The highest BCUT2D eigenvalue weighted by molar-refractivity contribution is 9.10. The molecule has 0 aliphatic carbocycles. The number of hydrogen-bond acceptors (Lipinski definition) is 2. The summed E-state index contributed by atoms with van der Waals surface area (Å²) in [5.74, 6) is 0.0685. The standard InChI is InChI=1S/C15H15Br2N3/c1-20(9-10-2-4-11(16)5-3-10)12-6-7-13(15(18)19)14(17)8-12/h2-8H,9H2,1H3,(H3,18,19). The van der Waals surface area contributed by atoms with E-state index in [1.165, 1.54) is 5.56 Å². The molecule has 0 atom stereocenters. The Kier molecular flexibility index (Phi) is 4.83. The van der Waals surface area contributed by atoms with E-state index < -0.39 is 0 Å². The van der Waals surface area contributed by atoms with Crippen molar-refractivity contribution in [3.05, 3.63) is 62.5 Å². The molecule has 2 aromatic rings. The summed E-state index contributed by atoms with van der Waals surface area (Å²) < 4.78 is 1.92. The lowest BCUT2D eigenvalue weighted by Gasteiger charge is -2.20. The topological polar surface area (TPSA) is 53.1 Å². The number of nitrogens with one attached hydrogen (secondary N) is 1. The average molecular weight is 397 g/mol. The van der Waals surface area contributed by atoms with Crippen molar-refractivity contribution in [2.75, 3.05) is 11.9 Å². The molecular weight excluding hydrogens is 382 g/mol. The van der Waals surface area contributed by atoms with Gasteiger partial charge in [0.2, 0.25) is 0 Å². The molecule has 0 heterocycles. The second-order valence-corrected chi connectivity index (χ2v) is 6.33. The van der Waals surface area contributed by atoms with Crippen LogP contribution in [-0.2, 0) is 6.54 Å². The highest BCUT2D eigenvalue weighted by Gasteiger charge is 2.07. The monoisotopic (exact) mass is 395 g/mol. The lowest BCUT2D eigenvalue weighted by atomic mass is 10.1. The molecular formula is C15H15Br2N3. The highest BCUT2D eigenvalue weighted by atomic mass is 79.9. The summed E-state index contributed by atoms with van der Waals surface area (Å²) in [6, 6.07) is 14.1. The second-order valence-electron chi connectivity index (χ2n) is 4.56. The van der Waals surface area contributed by atoms with Crippen molar-refractivity contribution in [3.63, 3.8) is 0 Å². The zero-order chi connectivity index (χ0) is 14.7. The van der Waals surface area contributed by atoms with Crippen molar-refractivity contribution in [3.8, 4) is 0 Å². The molecule has 0 aliphatic heterocycles. The van der Waals surface area contributed by atoms with Gasteiger partial charge >= 0.3 is 0 Å². The Morgan fingerprint density at radius 2 is 1.80 bits per heavy atom. The van der Waals surface area contributed by atoms with E-state index in [0.29, 0.717) is 5.56 Å². The first-order valence-corrected chi connectivity index (χ1v) is 7.65. The Bertz CT molecular complexity index is 624. The molecule has 0 fully saturated rings. The van der Waals surface area contributed by atoms with Crippen LogP contribution in [0.1, 0.15) is 11.1 Å². The number of benzene rings is 2. The van der Waals surface area contributed by atoms with Crippen molar-refractivity contribution in [1.29, 1.82) is 5.41 Å². The minimum absolute atomic E-state index is 0.0685. The molecule has 0 amide bonds. The van der Waals surface area contributed by atoms with E-state index in [9.17, 15) is 0 Å². The van der Waals surface area contributed by atoms with E-state index in [-0.39, 0.29) is 5.84 Å². The number of nitrogens with zero attached hydrogens (tertiary/aromatic N) is 1. The summed E-state index contributed by atoms with van der Waals surface area (Å²) in [7, 11) is 2.04. The van der Waals surface area contributed by atoms with Crippen LogP contribution in [-0.4, -0.2) is 12.9 Å². The first-order chi connectivity index (χ1) is 9.47. The molecule has 0 aliphatic rings. The van der Waals surface area contributed by atoms with Crippen molar-refractivity contribution >= 4 is 43.4 Å². The summed E-state index contributed by atoms with van der Waals surface area (Å²) in [6.45, 7) is 0.819. The van der Waals surface area contributed by atoms with Crippen molar-refractivity contribution in [1.82, 2.24) is 0 Å². The van der Waals surface area contributed by atoms with Gasteiger partial charge in [-0.2, -0.15) is 0 Å². The molecule has 0 aromatic heterocycles. The summed E-state index contributed by atoms with van der Waals surface area (Å²) in [5, 5.41) is 7.48. The van der Waals surface area contributed by atoms with Crippen LogP contribution in [0.5, 0.6) is 0 Å². The van der Waals surface area contributed by atoms with Crippen LogP contribution < -0.4 is 10.6 Å². The fourth-order valence-electron chi connectivity index (χ4n) is 1.91. The van der Waals surface area contributed by atoms with Gasteiger partial charge in [0.1, 0.15) is 5.84 Å². The van der Waals surface area contributed by atoms with Gasteiger partial charge in [-0.3, -0.25) is 5.41 Å². The van der Waals surface area contributed by atoms with Gasteiger partial charge in [0.25, 0.3) is 0 Å². The Hall–Kier alpha value is -1.33. The second kappa shape index (κ2) is 6.41. The van der Waals surface area contributed by atoms with Gasteiger partial charge in [0, 0.05) is 33.8 Å². The summed E-state index contributed by atoms with van der Waals surface area (Å²) >= 11 is 6.89. The molecule has 0 saturated carbocycles. The van der Waals surface area contributed by atoms with Crippen molar-refractivity contribution in [2.24, 2.45) is 5.73 Å². The van der Waals surface area contributed by atoms with E-state index in [1.54, 1.807) is 0 Å². The fraction of sp³-hybridized carbons (Fsp3) is 0.133. The van der Waals surface area contributed by atoms with Crippen LogP contribution in [0.4, 0.5) is 5.69 Å². The van der Waals surface area contributed by atoms with Crippen LogP contribution >= 0.6 is 31.9 Å². The largest absolute Gasteiger partial charge is 0.384 e. The first kappa shape index (κ1) is 15.1. The number of halogens is 2. The van der Waals surface area contributed by atoms with Gasteiger partial charge in [-0.05, 0) is 51.8 Å². The summed E-state index contributed by atoms with van der Waals surface area (Å²) in [5.41, 5.74) is 8.54. The molecule has 104 valence electrons. The average Bonchev–Trinajstić information content (AvgIpc) is 2.40. The van der Waals surface area contributed by atoms with E-state index in [4.69, 9.17) is 11.1 Å². The molecule has 20 heavy (non-hydrogen) atoms. The third kappa shape index (κ3) is 3.61. The molecule has 2 aromatic carbocycles. The molecule has 0 unspecified atom stereocenters. The maximum Gasteiger partial charge on any atom is 0.123 e. The minimum atomic E-state index is 0.0685. The highest BCUT2D eigenvalue weighted by Crippen LogP contribution is 2.24. The summed E-state index contributed by atoms with van der Waals surface area (Å²) in [4.78, 5) is 2.15. The zero-order valence-electron chi connectivity index (χ0n) is 11.0. The molecule has 5 heteroatoms. The normalized spacial score (nSPS) is 10.3. The van der Waals surface area contributed by atoms with E-state index in [0.717, 1.165) is 21.2 Å². The van der Waals surface area contributed by atoms with Crippen LogP contribution in [0.3, 0.4) is 0 Å². The number of nitrogens with two attached hydrogens (primary N) is 1. The van der Waals surface area contributed by atoms with Crippen LogP contribution in [0.25, 0.3) is 0 Å². The third-order valence-electron chi connectivity index (χ3n) is 3.02. The first-order valence-electron chi connectivity index (χ1n) is 6.07. The van der Waals surface area contributed by atoms with Crippen LogP contribution in [0.2, 0.25) is 0 Å². The zero-order valence-corrected chi connectivity index (χ0v) is 14.2. The molecule has 0 saturated heterocycles. The molecule has 3 nitrogen and oxygen atoms in total. The van der Waals surface area contributed by atoms with Gasteiger partial charge in [0.05, 0.1) is 0 Å². The number of hydrogen-bond donors (Lipinski definition) is 2. The molecule has 2 rings (SSSR count). The maximum atomic E-state index is 7.48. The molecule has 0 spiro atoms. The van der Waals surface area contributed by atoms with Crippen LogP contribution in [0, 0.1) is 5.41 Å². The maximum absolute atomic E-state index is 7.48. The predicted molar refractivity (Wildman–Crippen MR) is 91.4 cm³/mol. The number of anilines is 1. The van der Waals surface area contributed by atoms with Crippen molar-refractivity contribution in [2.45, 2.75) is 6.54 Å². The Balaban J connectivity index is 2.17. The molecule has 3 N–H and O–H groups in total. The van der Waals surface area contributed by atoms with Gasteiger partial charge < -0.3 is 10.6 Å². The lowest BCUT2D eigenvalue weighted by molar-refractivity contribution is 0.922. The predicted octanol–water partition coefficient (Wildman–Crippen LogP) is 4.13. The SMILES string of the molecule is CN(Cc1ccc(Br)cc1)c1ccc(C(=N)N)c(Br)c1. The lowest BCUT2D eigenvalue weighted by Crippen LogP contribution is -2.17. The van der Waals surface area contributed by atoms with Gasteiger partial charge in [0.15, 0.2) is 0 Å². The van der Waals surface area contributed by atoms with Crippen LogP contribution in [0.15, 0.2) is 51.4 Å². The van der Waals surface area contributed by atoms with Gasteiger partial charge in [-0.25, -0.2) is 0 Å². The minimum Gasteiger partial charge on any atom is -0.384 e. The Morgan fingerprint density at radius 3 is 2.35 bits per heavy atom. The van der Waals surface area contributed by atoms with Gasteiger partial charge in [-0.15, -0.1) is 0 Å². The number of amidine groups is 1. The van der Waals surface area contributed by atoms with E-state index >= 15 is 0 Å².